The van der Waals surface area contributed by atoms with Crippen LogP contribution in [0.25, 0.3) is 10.9 Å². The summed E-state index contributed by atoms with van der Waals surface area (Å²) in [5.41, 5.74) is 1.16. The Hall–Kier alpha value is -2.96. The minimum Gasteiger partial charge on any atom is -0.496 e. The van der Waals surface area contributed by atoms with E-state index in [2.05, 4.69) is 10.3 Å². The van der Waals surface area contributed by atoms with Gasteiger partial charge in [-0.2, -0.15) is 13.2 Å². The highest BCUT2D eigenvalue weighted by Gasteiger charge is 2.32. The van der Waals surface area contributed by atoms with Crippen LogP contribution in [0, 0.1) is 6.92 Å². The molecule has 0 unspecified atom stereocenters. The largest absolute Gasteiger partial charge is 0.496 e. The third-order valence-electron chi connectivity index (χ3n) is 3.78. The van der Waals surface area contributed by atoms with Gasteiger partial charge >= 0.3 is 6.18 Å². The van der Waals surface area contributed by atoms with Gasteiger partial charge in [-0.1, -0.05) is 11.6 Å². The number of carbonyl (C=O) groups excluding carboxylic acids is 1. The Kier molecular flexibility index (Phi) is 4.16. The SMILES string of the molecule is COc1ccc(C)cc1C(=O)Nc1ccc2[nH]c(C(F)(F)F)cc2c1. The fourth-order valence-corrected chi connectivity index (χ4v) is 2.56. The lowest BCUT2D eigenvalue weighted by molar-refractivity contribution is -0.140. The first kappa shape index (κ1) is 16.9. The Morgan fingerprint density at radius 2 is 1.88 bits per heavy atom. The summed E-state index contributed by atoms with van der Waals surface area (Å²) >= 11 is 0. The predicted octanol–water partition coefficient (Wildman–Crippen LogP) is 4.76. The van der Waals surface area contributed by atoms with Gasteiger partial charge in [0.1, 0.15) is 11.4 Å². The lowest BCUT2D eigenvalue weighted by Crippen LogP contribution is -2.13. The molecule has 7 heteroatoms. The standard InChI is InChI=1S/C18H15F3N2O2/c1-10-3-6-15(25-2)13(7-10)17(24)22-12-4-5-14-11(8-12)9-16(23-14)18(19,20)21/h3-9,23H,1-2H3,(H,22,24). The van der Waals surface area contributed by atoms with Crippen molar-refractivity contribution in [2.75, 3.05) is 12.4 Å². The maximum absolute atomic E-state index is 12.8. The normalized spacial score (nSPS) is 11.6. The smallest absolute Gasteiger partial charge is 0.431 e. The van der Waals surface area contributed by atoms with Gasteiger partial charge in [0.25, 0.3) is 5.91 Å². The number of aromatic amines is 1. The van der Waals surface area contributed by atoms with Gasteiger partial charge in [0.15, 0.2) is 0 Å². The molecule has 0 fully saturated rings. The summed E-state index contributed by atoms with van der Waals surface area (Å²) in [4.78, 5) is 14.8. The number of alkyl halides is 3. The van der Waals surface area contributed by atoms with Crippen molar-refractivity contribution in [1.82, 2.24) is 4.98 Å². The molecule has 0 saturated carbocycles. The van der Waals surface area contributed by atoms with Crippen LogP contribution in [0.5, 0.6) is 5.75 Å². The highest BCUT2D eigenvalue weighted by molar-refractivity contribution is 6.07. The number of benzene rings is 2. The molecule has 25 heavy (non-hydrogen) atoms. The van der Waals surface area contributed by atoms with Crippen molar-refractivity contribution >= 4 is 22.5 Å². The van der Waals surface area contributed by atoms with Crippen LogP contribution in [0.2, 0.25) is 0 Å². The van der Waals surface area contributed by atoms with Gasteiger partial charge in [-0.05, 0) is 43.3 Å². The number of fused-ring (bicyclic) bond motifs is 1. The molecule has 3 aromatic rings. The quantitative estimate of drug-likeness (QED) is 0.717. The van der Waals surface area contributed by atoms with Crippen LogP contribution in [0.3, 0.4) is 0 Å². The van der Waals surface area contributed by atoms with E-state index in [0.717, 1.165) is 11.6 Å². The van der Waals surface area contributed by atoms with Crippen LogP contribution in [0.15, 0.2) is 42.5 Å². The molecule has 1 amide bonds. The van der Waals surface area contributed by atoms with E-state index in [-0.39, 0.29) is 0 Å². The molecule has 0 atom stereocenters. The summed E-state index contributed by atoms with van der Waals surface area (Å²) in [6, 6.07) is 10.7. The molecule has 0 saturated heterocycles. The molecule has 130 valence electrons. The summed E-state index contributed by atoms with van der Waals surface area (Å²) in [7, 11) is 1.46. The van der Waals surface area contributed by atoms with Crippen molar-refractivity contribution in [2.24, 2.45) is 0 Å². The molecule has 0 spiro atoms. The molecule has 1 aromatic heterocycles. The Morgan fingerprint density at radius 3 is 2.56 bits per heavy atom. The van der Waals surface area contributed by atoms with Gasteiger partial charge in [0.2, 0.25) is 0 Å². The number of amides is 1. The lowest BCUT2D eigenvalue weighted by Gasteiger charge is -2.10. The molecule has 4 nitrogen and oxygen atoms in total. The average Bonchev–Trinajstić information content (AvgIpc) is 2.98. The summed E-state index contributed by atoms with van der Waals surface area (Å²) in [6.45, 7) is 1.85. The van der Waals surface area contributed by atoms with Crippen LogP contribution in [-0.4, -0.2) is 18.0 Å². The van der Waals surface area contributed by atoms with E-state index >= 15 is 0 Å². The lowest BCUT2D eigenvalue weighted by atomic mass is 10.1. The third kappa shape index (κ3) is 3.45. The Bertz CT molecular complexity index is 945. The van der Waals surface area contributed by atoms with E-state index in [1.807, 2.05) is 13.0 Å². The van der Waals surface area contributed by atoms with Crippen molar-refractivity contribution in [2.45, 2.75) is 13.1 Å². The number of aromatic nitrogens is 1. The Balaban J connectivity index is 1.90. The molecule has 2 aromatic carbocycles. The van der Waals surface area contributed by atoms with Crippen LogP contribution < -0.4 is 10.1 Å². The van der Waals surface area contributed by atoms with E-state index in [1.54, 1.807) is 18.2 Å². The number of carbonyl (C=O) groups is 1. The molecule has 0 bridgehead atoms. The minimum absolute atomic E-state index is 0.346. The maximum atomic E-state index is 12.8. The highest BCUT2D eigenvalue weighted by atomic mass is 19.4. The number of aryl methyl sites for hydroxylation is 1. The first-order chi connectivity index (χ1) is 11.8. The van der Waals surface area contributed by atoms with Crippen molar-refractivity contribution in [3.05, 3.63) is 59.3 Å². The van der Waals surface area contributed by atoms with Crippen LogP contribution >= 0.6 is 0 Å². The fourth-order valence-electron chi connectivity index (χ4n) is 2.56. The third-order valence-corrected chi connectivity index (χ3v) is 3.78. The molecule has 3 rings (SSSR count). The molecule has 1 heterocycles. The number of hydrogen-bond donors (Lipinski definition) is 2. The number of nitrogens with one attached hydrogen (secondary N) is 2. The molecule has 0 aliphatic heterocycles. The van der Waals surface area contributed by atoms with Crippen molar-refractivity contribution in [1.29, 1.82) is 0 Å². The van der Waals surface area contributed by atoms with Crippen molar-refractivity contribution < 1.29 is 22.7 Å². The zero-order valence-corrected chi connectivity index (χ0v) is 13.5. The number of methoxy groups -OCH3 is 1. The summed E-state index contributed by atoms with van der Waals surface area (Å²) in [6.07, 6.45) is -4.45. The minimum atomic E-state index is -4.45. The maximum Gasteiger partial charge on any atom is 0.431 e. The van der Waals surface area contributed by atoms with Gasteiger partial charge in [-0.3, -0.25) is 4.79 Å². The molecular weight excluding hydrogens is 333 g/mol. The van der Waals surface area contributed by atoms with Crippen LogP contribution in [0.4, 0.5) is 18.9 Å². The second-order valence-corrected chi connectivity index (χ2v) is 5.64. The number of hydrogen-bond acceptors (Lipinski definition) is 2. The van der Waals surface area contributed by atoms with Gasteiger partial charge in [0.05, 0.1) is 12.7 Å². The number of rotatable bonds is 3. The molecule has 0 aliphatic carbocycles. The monoisotopic (exact) mass is 348 g/mol. The summed E-state index contributed by atoms with van der Waals surface area (Å²) < 4.78 is 43.5. The van der Waals surface area contributed by atoms with E-state index < -0.39 is 17.8 Å². The fraction of sp³-hybridized carbons (Fsp3) is 0.167. The zero-order valence-electron chi connectivity index (χ0n) is 13.5. The van der Waals surface area contributed by atoms with Gasteiger partial charge in [0, 0.05) is 16.6 Å². The van der Waals surface area contributed by atoms with E-state index in [9.17, 15) is 18.0 Å². The topological polar surface area (TPSA) is 54.1 Å². The van der Waals surface area contributed by atoms with E-state index in [0.29, 0.717) is 27.9 Å². The first-order valence-corrected chi connectivity index (χ1v) is 7.44. The van der Waals surface area contributed by atoms with Gasteiger partial charge in [-0.15, -0.1) is 0 Å². The molecular formula is C18H15F3N2O2. The van der Waals surface area contributed by atoms with Crippen molar-refractivity contribution in [3.63, 3.8) is 0 Å². The number of anilines is 1. The molecule has 2 N–H and O–H groups in total. The highest BCUT2D eigenvalue weighted by Crippen LogP contribution is 2.32. The van der Waals surface area contributed by atoms with Gasteiger partial charge in [-0.25, -0.2) is 0 Å². The van der Waals surface area contributed by atoms with E-state index in [4.69, 9.17) is 4.74 Å². The second kappa shape index (κ2) is 6.16. The second-order valence-electron chi connectivity index (χ2n) is 5.64. The van der Waals surface area contributed by atoms with Crippen LogP contribution in [0.1, 0.15) is 21.6 Å². The zero-order chi connectivity index (χ0) is 18.2. The predicted molar refractivity (Wildman–Crippen MR) is 89.0 cm³/mol. The summed E-state index contributed by atoms with van der Waals surface area (Å²) in [5, 5.41) is 3.05. The summed E-state index contributed by atoms with van der Waals surface area (Å²) in [5.74, 6) is 0.0247. The first-order valence-electron chi connectivity index (χ1n) is 7.44. The van der Waals surface area contributed by atoms with Gasteiger partial charge < -0.3 is 15.0 Å². The van der Waals surface area contributed by atoms with Crippen molar-refractivity contribution in [3.8, 4) is 5.75 Å². The molecule has 0 aliphatic rings. The van der Waals surface area contributed by atoms with Crippen LogP contribution in [-0.2, 0) is 6.18 Å². The Labute approximate surface area is 141 Å². The number of H-pyrrole nitrogens is 1. The number of ether oxygens (including phenoxy) is 1. The molecule has 0 radical (unpaired) electrons. The number of halogens is 3. The average molecular weight is 348 g/mol. The Morgan fingerprint density at radius 1 is 1.12 bits per heavy atom. The van der Waals surface area contributed by atoms with E-state index in [1.165, 1.54) is 19.2 Å².